The predicted octanol–water partition coefficient (Wildman–Crippen LogP) is 8.13. The van der Waals surface area contributed by atoms with Gasteiger partial charge in [0.2, 0.25) is 0 Å². The van der Waals surface area contributed by atoms with Crippen molar-refractivity contribution >= 4 is 17.4 Å². The van der Waals surface area contributed by atoms with Crippen molar-refractivity contribution in [3.8, 4) is 23.0 Å². The molecular formula is C34H39NO6. The first-order valence-electron chi connectivity index (χ1n) is 14.9. The monoisotopic (exact) mass is 557 g/mol. The maximum absolute atomic E-state index is 13.4. The van der Waals surface area contributed by atoms with Crippen LogP contribution in [0, 0.1) is 0 Å². The molecule has 216 valence electrons. The summed E-state index contributed by atoms with van der Waals surface area (Å²) in [6.07, 6.45) is 13.6. The van der Waals surface area contributed by atoms with E-state index in [1.807, 2.05) is 0 Å². The van der Waals surface area contributed by atoms with Gasteiger partial charge in [0.1, 0.15) is 23.0 Å². The molecule has 0 fully saturated rings. The number of aromatic hydroxyl groups is 2. The summed E-state index contributed by atoms with van der Waals surface area (Å²) < 4.78 is 12.1. The summed E-state index contributed by atoms with van der Waals surface area (Å²) in [6, 6.07) is 12.5. The van der Waals surface area contributed by atoms with Gasteiger partial charge in [-0.3, -0.25) is 4.79 Å². The van der Waals surface area contributed by atoms with Gasteiger partial charge in [-0.25, -0.2) is 4.79 Å². The van der Waals surface area contributed by atoms with Crippen molar-refractivity contribution < 1.29 is 29.3 Å². The van der Waals surface area contributed by atoms with Crippen molar-refractivity contribution in [3.05, 3.63) is 76.3 Å². The zero-order valence-electron chi connectivity index (χ0n) is 23.7. The molecule has 4 N–H and O–H groups in total. The summed E-state index contributed by atoms with van der Waals surface area (Å²) in [5, 5.41) is 20.2. The molecule has 0 atom stereocenters. The molecule has 5 rings (SSSR count). The molecule has 7 heteroatoms. The van der Waals surface area contributed by atoms with E-state index in [4.69, 9.17) is 15.2 Å². The number of phenolic OH excluding ortho intramolecular Hbond substituents is 2. The van der Waals surface area contributed by atoms with Crippen LogP contribution in [-0.4, -0.2) is 22.0 Å². The molecule has 3 aromatic rings. The lowest BCUT2D eigenvalue weighted by Crippen LogP contribution is -2.33. The summed E-state index contributed by atoms with van der Waals surface area (Å²) in [6.45, 7) is 2.24. The number of Topliss-reactive ketones (excluding diaryl/α,β-unsaturated/α-hetero) is 1. The molecule has 0 unspecified atom stereocenters. The average molecular weight is 558 g/mol. The normalized spacial score (nSPS) is 14.2. The number of anilines is 1. The molecule has 0 bridgehead atoms. The van der Waals surface area contributed by atoms with Crippen molar-refractivity contribution in [2.24, 2.45) is 0 Å². The number of esters is 1. The van der Waals surface area contributed by atoms with E-state index in [1.54, 1.807) is 24.3 Å². The number of hydrogen-bond acceptors (Lipinski definition) is 7. The topological polar surface area (TPSA) is 119 Å². The Morgan fingerprint density at radius 3 is 1.83 bits per heavy atom. The molecule has 0 amide bonds. The second-order valence-corrected chi connectivity index (χ2v) is 11.2. The fourth-order valence-electron chi connectivity index (χ4n) is 6.14. The van der Waals surface area contributed by atoms with Crippen LogP contribution in [0.4, 0.5) is 5.69 Å². The van der Waals surface area contributed by atoms with Crippen LogP contribution >= 0.6 is 0 Å². The highest BCUT2D eigenvalue weighted by Crippen LogP contribution is 2.57. The summed E-state index contributed by atoms with van der Waals surface area (Å²) in [5.41, 5.74) is 7.23. The quantitative estimate of drug-likeness (QED) is 0.0840. The molecule has 3 aromatic carbocycles. The van der Waals surface area contributed by atoms with E-state index in [2.05, 4.69) is 6.92 Å². The van der Waals surface area contributed by atoms with Gasteiger partial charge in [-0.2, -0.15) is 0 Å². The van der Waals surface area contributed by atoms with E-state index < -0.39 is 11.6 Å². The van der Waals surface area contributed by atoms with Gasteiger partial charge in [0.05, 0.1) is 11.3 Å². The van der Waals surface area contributed by atoms with Crippen molar-refractivity contribution in [2.75, 3.05) is 5.73 Å². The predicted molar refractivity (Wildman–Crippen MR) is 158 cm³/mol. The van der Waals surface area contributed by atoms with E-state index in [-0.39, 0.29) is 28.5 Å². The van der Waals surface area contributed by atoms with Gasteiger partial charge < -0.3 is 25.4 Å². The van der Waals surface area contributed by atoms with Crippen LogP contribution in [0.5, 0.6) is 23.0 Å². The molecule has 2 heterocycles. The first kappa shape index (κ1) is 28.5. The van der Waals surface area contributed by atoms with Gasteiger partial charge in [0.25, 0.3) is 0 Å². The first-order valence-corrected chi connectivity index (χ1v) is 14.9. The minimum Gasteiger partial charge on any atom is -0.508 e. The van der Waals surface area contributed by atoms with Crippen molar-refractivity contribution in [2.45, 2.75) is 89.6 Å². The summed E-state index contributed by atoms with van der Waals surface area (Å²) in [5.74, 6) is -0.179. The van der Waals surface area contributed by atoms with E-state index in [0.717, 1.165) is 19.3 Å². The number of benzene rings is 3. The van der Waals surface area contributed by atoms with Crippen LogP contribution in [0.2, 0.25) is 0 Å². The van der Waals surface area contributed by atoms with Gasteiger partial charge in [0, 0.05) is 40.8 Å². The zero-order valence-corrected chi connectivity index (χ0v) is 23.7. The fraction of sp³-hybridized carbons (Fsp3) is 0.412. The van der Waals surface area contributed by atoms with Crippen LogP contribution in [-0.2, 0) is 10.3 Å². The lowest BCUT2D eigenvalue weighted by molar-refractivity contribution is 0.0224. The first-order chi connectivity index (χ1) is 19.9. The van der Waals surface area contributed by atoms with Crippen LogP contribution in [0.1, 0.15) is 121 Å². The third-order valence-corrected chi connectivity index (χ3v) is 8.29. The second-order valence-electron chi connectivity index (χ2n) is 11.2. The molecule has 2 aliphatic heterocycles. The van der Waals surface area contributed by atoms with E-state index >= 15 is 0 Å². The van der Waals surface area contributed by atoms with Crippen molar-refractivity contribution in [1.29, 1.82) is 0 Å². The highest BCUT2D eigenvalue weighted by molar-refractivity contribution is 6.09. The number of nitrogens with two attached hydrogens (primary N) is 1. The van der Waals surface area contributed by atoms with E-state index in [1.165, 1.54) is 75.6 Å². The molecule has 1 spiro atoms. The standard InChI is InChI=1S/C34H39NO6/c1-2-3-4-5-6-7-8-9-10-11-12-13-28(38)24-16-19-27-31(32(24)35)33(39)41-34(27)25-17-14-22(36)20-29(25)40-30-21-23(37)15-18-26(30)34/h14-21,36-37H,2-13,35H2,1H3. The number of carbonyl (C=O) groups excluding carboxylic acids is 2. The Bertz CT molecular complexity index is 1390. The van der Waals surface area contributed by atoms with Gasteiger partial charge in [-0.15, -0.1) is 0 Å². The number of hydrogen-bond donors (Lipinski definition) is 3. The maximum Gasteiger partial charge on any atom is 0.342 e. The molecule has 0 saturated heterocycles. The number of rotatable bonds is 13. The Morgan fingerprint density at radius 1 is 0.756 bits per heavy atom. The molecule has 41 heavy (non-hydrogen) atoms. The Labute approximate surface area is 241 Å². The van der Waals surface area contributed by atoms with Crippen molar-refractivity contribution in [3.63, 3.8) is 0 Å². The summed E-state index contributed by atoms with van der Waals surface area (Å²) in [4.78, 5) is 26.6. The average Bonchev–Trinajstić information content (AvgIpc) is 3.24. The molecule has 2 aliphatic rings. The Balaban J connectivity index is 1.31. The number of unbranched alkanes of at least 4 members (excludes halogenated alkanes) is 10. The van der Waals surface area contributed by atoms with Crippen LogP contribution in [0.15, 0.2) is 48.5 Å². The van der Waals surface area contributed by atoms with E-state index in [9.17, 15) is 19.8 Å². The minimum absolute atomic E-state index is 0.0186. The van der Waals surface area contributed by atoms with Crippen LogP contribution < -0.4 is 10.5 Å². The maximum atomic E-state index is 13.4. The molecule has 7 nitrogen and oxygen atoms in total. The van der Waals surface area contributed by atoms with Crippen molar-refractivity contribution in [1.82, 2.24) is 0 Å². The largest absolute Gasteiger partial charge is 0.508 e. The number of carbonyl (C=O) groups is 2. The van der Waals surface area contributed by atoms with Gasteiger partial charge in [0.15, 0.2) is 11.4 Å². The molecule has 0 aromatic heterocycles. The molecular weight excluding hydrogens is 518 g/mol. The van der Waals surface area contributed by atoms with Gasteiger partial charge in [-0.05, 0) is 36.8 Å². The summed E-state index contributed by atoms with van der Waals surface area (Å²) >= 11 is 0. The highest BCUT2D eigenvalue weighted by atomic mass is 16.6. The van der Waals surface area contributed by atoms with E-state index in [0.29, 0.717) is 40.2 Å². The number of nitrogen functional groups attached to an aromatic ring is 1. The Hall–Kier alpha value is -4.00. The fourth-order valence-corrected chi connectivity index (χ4v) is 6.14. The van der Waals surface area contributed by atoms with Gasteiger partial charge in [-0.1, -0.05) is 77.2 Å². The second kappa shape index (κ2) is 12.2. The molecule has 0 saturated carbocycles. The summed E-state index contributed by atoms with van der Waals surface area (Å²) in [7, 11) is 0. The van der Waals surface area contributed by atoms with Crippen LogP contribution in [0.3, 0.4) is 0 Å². The molecule has 0 aliphatic carbocycles. The Kier molecular flexibility index (Phi) is 8.52. The smallest absolute Gasteiger partial charge is 0.342 e. The number of ketones is 1. The highest BCUT2D eigenvalue weighted by Gasteiger charge is 2.54. The lowest BCUT2D eigenvalue weighted by Gasteiger charge is -2.36. The zero-order chi connectivity index (χ0) is 29.0. The Morgan fingerprint density at radius 2 is 1.27 bits per heavy atom. The number of phenols is 2. The molecule has 0 radical (unpaired) electrons. The minimum atomic E-state index is -1.40. The third-order valence-electron chi connectivity index (χ3n) is 8.29. The number of ether oxygens (including phenoxy) is 2. The van der Waals surface area contributed by atoms with Crippen LogP contribution in [0.25, 0.3) is 0 Å². The van der Waals surface area contributed by atoms with Gasteiger partial charge >= 0.3 is 5.97 Å². The number of fused-ring (bicyclic) bond motifs is 6. The third kappa shape index (κ3) is 5.50. The SMILES string of the molecule is CCCCCCCCCCCCCC(=O)c1ccc2c(c1N)C(=O)OC21c2ccc(O)cc2Oc2cc(O)ccc21. The lowest BCUT2D eigenvalue weighted by atomic mass is 9.77.